The second-order valence-electron chi connectivity index (χ2n) is 6.56. The molecule has 0 heterocycles. The second kappa shape index (κ2) is 7.87. The first-order chi connectivity index (χ1) is 11.3. The Morgan fingerprint density at radius 3 is 2.29 bits per heavy atom. The standard InChI is InChI=1S/C22H24O2/c1-15(2)8-9-20-14-21(23)13-19(22(20)24)7-5-6-18-11-16(3)10-17(4)12-18/h5-6,10-14H,1,7-9H2,2-4H3. The molecule has 1 aromatic carbocycles. The van der Waals surface area contributed by atoms with Crippen LogP contribution in [0.3, 0.4) is 0 Å². The van der Waals surface area contributed by atoms with E-state index in [0.29, 0.717) is 24.0 Å². The predicted molar refractivity (Wildman–Crippen MR) is 99.8 cm³/mol. The highest BCUT2D eigenvalue weighted by Gasteiger charge is 2.20. The van der Waals surface area contributed by atoms with Crippen molar-refractivity contribution in [3.63, 3.8) is 0 Å². The molecule has 1 aliphatic carbocycles. The molecule has 0 spiro atoms. The first kappa shape index (κ1) is 17.9. The van der Waals surface area contributed by atoms with E-state index < -0.39 is 0 Å². The van der Waals surface area contributed by atoms with Gasteiger partial charge in [-0.1, -0.05) is 47.1 Å². The first-order valence-corrected chi connectivity index (χ1v) is 8.24. The van der Waals surface area contributed by atoms with Gasteiger partial charge in [-0.15, -0.1) is 6.58 Å². The molecule has 0 aromatic heterocycles. The van der Waals surface area contributed by atoms with Crippen LogP contribution in [0.15, 0.2) is 59.7 Å². The zero-order chi connectivity index (χ0) is 17.7. The van der Waals surface area contributed by atoms with E-state index in [1.165, 1.54) is 23.3 Å². The van der Waals surface area contributed by atoms with E-state index in [4.69, 9.17) is 0 Å². The van der Waals surface area contributed by atoms with Crippen LogP contribution < -0.4 is 0 Å². The summed E-state index contributed by atoms with van der Waals surface area (Å²) in [6, 6.07) is 6.33. The number of Topliss-reactive ketones (excluding diaryl/α,β-unsaturated/α-hetero) is 1. The van der Waals surface area contributed by atoms with E-state index in [-0.39, 0.29) is 11.6 Å². The Hall–Kier alpha value is -2.48. The van der Waals surface area contributed by atoms with Crippen LogP contribution in [0.25, 0.3) is 6.08 Å². The van der Waals surface area contributed by atoms with Gasteiger partial charge in [-0.25, -0.2) is 0 Å². The zero-order valence-corrected chi connectivity index (χ0v) is 14.7. The predicted octanol–water partition coefficient (Wildman–Crippen LogP) is 5.07. The largest absolute Gasteiger partial charge is 0.290 e. The Morgan fingerprint density at radius 1 is 1.04 bits per heavy atom. The quantitative estimate of drug-likeness (QED) is 0.542. The molecule has 0 aliphatic heterocycles. The average molecular weight is 320 g/mol. The number of aryl methyl sites for hydroxylation is 2. The molecule has 0 N–H and O–H groups in total. The van der Waals surface area contributed by atoms with Crippen LogP contribution in [0, 0.1) is 13.8 Å². The number of rotatable bonds is 6. The molecule has 0 fully saturated rings. The Labute approximate surface area is 144 Å². The van der Waals surface area contributed by atoms with Gasteiger partial charge >= 0.3 is 0 Å². The minimum atomic E-state index is -0.0962. The van der Waals surface area contributed by atoms with Crippen molar-refractivity contribution >= 4 is 17.6 Å². The lowest BCUT2D eigenvalue weighted by molar-refractivity contribution is -0.115. The average Bonchev–Trinajstić information content (AvgIpc) is 2.47. The molecular weight excluding hydrogens is 296 g/mol. The molecule has 24 heavy (non-hydrogen) atoms. The van der Waals surface area contributed by atoms with Gasteiger partial charge in [-0.2, -0.15) is 0 Å². The summed E-state index contributed by atoms with van der Waals surface area (Å²) in [7, 11) is 0. The monoisotopic (exact) mass is 320 g/mol. The minimum Gasteiger partial charge on any atom is -0.290 e. The smallest absolute Gasteiger partial charge is 0.185 e. The maximum Gasteiger partial charge on any atom is 0.185 e. The van der Waals surface area contributed by atoms with Gasteiger partial charge in [0.25, 0.3) is 0 Å². The molecule has 0 amide bonds. The van der Waals surface area contributed by atoms with Crippen molar-refractivity contribution in [2.45, 2.75) is 40.0 Å². The van der Waals surface area contributed by atoms with Gasteiger partial charge in [0.1, 0.15) is 0 Å². The summed E-state index contributed by atoms with van der Waals surface area (Å²) in [5, 5.41) is 0. The van der Waals surface area contributed by atoms with E-state index in [0.717, 1.165) is 17.6 Å². The lowest BCUT2D eigenvalue weighted by Crippen LogP contribution is -2.14. The summed E-state index contributed by atoms with van der Waals surface area (Å²) in [5.41, 5.74) is 5.72. The fourth-order valence-corrected chi connectivity index (χ4v) is 2.84. The summed E-state index contributed by atoms with van der Waals surface area (Å²) < 4.78 is 0. The molecule has 0 atom stereocenters. The summed E-state index contributed by atoms with van der Waals surface area (Å²) in [5.74, 6) is -0.109. The molecule has 2 nitrogen and oxygen atoms in total. The van der Waals surface area contributed by atoms with Crippen LogP contribution >= 0.6 is 0 Å². The topological polar surface area (TPSA) is 34.1 Å². The summed E-state index contributed by atoms with van der Waals surface area (Å²) >= 11 is 0. The van der Waals surface area contributed by atoms with E-state index in [9.17, 15) is 9.59 Å². The van der Waals surface area contributed by atoms with Gasteiger partial charge < -0.3 is 0 Å². The number of allylic oxidation sites excluding steroid dienone is 6. The Morgan fingerprint density at radius 2 is 1.67 bits per heavy atom. The van der Waals surface area contributed by atoms with Gasteiger partial charge in [0.05, 0.1) is 0 Å². The van der Waals surface area contributed by atoms with Crippen molar-refractivity contribution in [2.24, 2.45) is 0 Å². The van der Waals surface area contributed by atoms with Gasteiger partial charge in [0, 0.05) is 11.1 Å². The zero-order valence-electron chi connectivity index (χ0n) is 14.7. The van der Waals surface area contributed by atoms with Crippen LogP contribution in [0.4, 0.5) is 0 Å². The maximum atomic E-state index is 12.5. The van der Waals surface area contributed by atoms with E-state index in [1.807, 2.05) is 19.1 Å². The van der Waals surface area contributed by atoms with Crippen molar-refractivity contribution in [3.8, 4) is 0 Å². The minimum absolute atomic E-state index is 0.0130. The summed E-state index contributed by atoms with van der Waals surface area (Å²) in [6.45, 7) is 9.91. The highest BCUT2D eigenvalue weighted by molar-refractivity contribution is 6.20. The molecule has 0 radical (unpaired) electrons. The highest BCUT2D eigenvalue weighted by Crippen LogP contribution is 2.22. The Balaban J connectivity index is 2.06. The van der Waals surface area contributed by atoms with Gasteiger partial charge in [-0.3, -0.25) is 9.59 Å². The van der Waals surface area contributed by atoms with Crippen molar-refractivity contribution in [1.29, 1.82) is 0 Å². The molecule has 124 valence electrons. The number of hydrogen-bond acceptors (Lipinski definition) is 2. The van der Waals surface area contributed by atoms with Crippen LogP contribution in [0.5, 0.6) is 0 Å². The van der Waals surface area contributed by atoms with Gasteiger partial charge in [-0.05, 0) is 57.7 Å². The Kier molecular flexibility index (Phi) is 5.86. The van der Waals surface area contributed by atoms with Gasteiger partial charge in [0.2, 0.25) is 0 Å². The third-order valence-corrected chi connectivity index (χ3v) is 3.93. The first-order valence-electron chi connectivity index (χ1n) is 8.24. The number of ketones is 2. The molecule has 0 saturated carbocycles. The third-order valence-electron chi connectivity index (χ3n) is 3.93. The number of hydrogen-bond donors (Lipinski definition) is 0. The molecular formula is C22H24O2. The van der Waals surface area contributed by atoms with Crippen LogP contribution in [-0.4, -0.2) is 11.6 Å². The fourth-order valence-electron chi connectivity index (χ4n) is 2.84. The van der Waals surface area contributed by atoms with Crippen LogP contribution in [-0.2, 0) is 9.59 Å². The number of benzene rings is 1. The summed E-state index contributed by atoms with van der Waals surface area (Å²) in [6.07, 6.45) is 8.66. The molecule has 0 bridgehead atoms. The highest BCUT2D eigenvalue weighted by atomic mass is 16.1. The molecule has 0 unspecified atom stereocenters. The molecule has 0 saturated heterocycles. The SMILES string of the molecule is C=C(C)CCC1=CC(=O)C=C(CC=Cc2cc(C)cc(C)c2)C1=O. The van der Waals surface area contributed by atoms with Crippen molar-refractivity contribution < 1.29 is 9.59 Å². The van der Waals surface area contributed by atoms with Crippen molar-refractivity contribution in [2.75, 3.05) is 0 Å². The number of carbonyl (C=O) groups is 2. The van der Waals surface area contributed by atoms with E-state index >= 15 is 0 Å². The van der Waals surface area contributed by atoms with E-state index in [2.05, 4.69) is 38.6 Å². The molecule has 2 heteroatoms. The Bertz CT molecular complexity index is 753. The maximum absolute atomic E-state index is 12.5. The molecule has 2 rings (SSSR count). The van der Waals surface area contributed by atoms with Gasteiger partial charge in [0.15, 0.2) is 11.6 Å². The molecule has 1 aromatic rings. The van der Waals surface area contributed by atoms with E-state index in [1.54, 1.807) is 0 Å². The second-order valence-corrected chi connectivity index (χ2v) is 6.56. The van der Waals surface area contributed by atoms with Crippen LogP contribution in [0.1, 0.15) is 42.9 Å². The normalized spacial score (nSPS) is 14.8. The van der Waals surface area contributed by atoms with Crippen molar-refractivity contribution in [1.82, 2.24) is 0 Å². The van der Waals surface area contributed by atoms with Crippen molar-refractivity contribution in [3.05, 3.63) is 76.4 Å². The lowest BCUT2D eigenvalue weighted by atomic mass is 9.90. The molecule has 1 aliphatic rings. The fraction of sp³-hybridized carbons (Fsp3) is 0.273. The van der Waals surface area contributed by atoms with Crippen LogP contribution in [0.2, 0.25) is 0 Å². The third kappa shape index (κ3) is 5.02. The lowest BCUT2D eigenvalue weighted by Gasteiger charge is -2.12. The summed E-state index contributed by atoms with van der Waals surface area (Å²) in [4.78, 5) is 24.3. The number of carbonyl (C=O) groups excluding carboxylic acids is 2.